The minimum atomic E-state index is -0.109. The predicted octanol–water partition coefficient (Wildman–Crippen LogP) is 4.09. The van der Waals surface area contributed by atoms with Crippen molar-refractivity contribution in [2.24, 2.45) is 5.41 Å². The molecule has 0 aromatic carbocycles. The van der Waals surface area contributed by atoms with Crippen molar-refractivity contribution in [2.45, 2.75) is 46.5 Å². The summed E-state index contributed by atoms with van der Waals surface area (Å²) in [4.78, 5) is 9.14. The Bertz CT molecular complexity index is 564. The second kappa shape index (κ2) is 4.54. The highest BCUT2D eigenvalue weighted by molar-refractivity contribution is 6.20. The fourth-order valence-corrected chi connectivity index (χ4v) is 2.23. The number of fused-ring (bicyclic) bond motifs is 1. The number of halogens is 1. The maximum Gasteiger partial charge on any atom is 0.160 e. The molecule has 98 valence electrons. The van der Waals surface area contributed by atoms with Crippen LogP contribution >= 0.6 is 11.6 Å². The molecule has 0 N–H and O–H groups in total. The Morgan fingerprint density at radius 1 is 1.39 bits per heavy atom. The van der Waals surface area contributed by atoms with Crippen molar-refractivity contribution in [3.8, 4) is 0 Å². The maximum atomic E-state index is 6.24. The lowest BCUT2D eigenvalue weighted by molar-refractivity contribution is 0.342. The van der Waals surface area contributed by atoms with E-state index in [0.717, 1.165) is 29.1 Å². The lowest BCUT2D eigenvalue weighted by Crippen LogP contribution is -2.18. The Morgan fingerprint density at radius 2 is 2.06 bits per heavy atom. The molecule has 0 aliphatic carbocycles. The van der Waals surface area contributed by atoms with Crippen LogP contribution in [-0.2, 0) is 6.54 Å². The minimum Gasteiger partial charge on any atom is -0.311 e. The second-order valence-corrected chi connectivity index (χ2v) is 6.74. The summed E-state index contributed by atoms with van der Waals surface area (Å²) in [7, 11) is 0. The van der Waals surface area contributed by atoms with Gasteiger partial charge in [-0.1, -0.05) is 20.8 Å². The summed E-state index contributed by atoms with van der Waals surface area (Å²) >= 11 is 6.24. The molecule has 2 aromatic heterocycles. The lowest BCUT2D eigenvalue weighted by Gasteiger charge is -2.21. The fraction of sp³-hybridized carbons (Fsp3) is 0.571. The number of pyridine rings is 1. The highest BCUT2D eigenvalue weighted by Gasteiger charge is 2.20. The molecule has 0 fully saturated rings. The zero-order valence-electron chi connectivity index (χ0n) is 11.7. The van der Waals surface area contributed by atoms with Crippen molar-refractivity contribution < 1.29 is 0 Å². The Kier molecular flexibility index (Phi) is 3.37. The van der Waals surface area contributed by atoms with Crippen molar-refractivity contribution in [1.29, 1.82) is 0 Å². The van der Waals surface area contributed by atoms with E-state index in [2.05, 4.69) is 41.4 Å². The van der Waals surface area contributed by atoms with Crippen molar-refractivity contribution in [3.63, 3.8) is 0 Å². The van der Waals surface area contributed by atoms with Gasteiger partial charge in [0.1, 0.15) is 11.3 Å². The predicted molar refractivity (Wildman–Crippen MR) is 76.0 cm³/mol. The SMILES string of the molecule is Cc1cnc2c(c1)nc(C(C)Cl)n2CC(C)(C)C. The Labute approximate surface area is 113 Å². The van der Waals surface area contributed by atoms with Gasteiger partial charge in [0.05, 0.1) is 5.38 Å². The average molecular weight is 266 g/mol. The van der Waals surface area contributed by atoms with Gasteiger partial charge in [-0.25, -0.2) is 9.97 Å². The number of alkyl halides is 1. The van der Waals surface area contributed by atoms with Gasteiger partial charge in [-0.05, 0) is 30.9 Å². The van der Waals surface area contributed by atoms with Crippen LogP contribution < -0.4 is 0 Å². The number of hydrogen-bond acceptors (Lipinski definition) is 2. The van der Waals surface area contributed by atoms with Gasteiger partial charge in [0.15, 0.2) is 5.65 Å². The summed E-state index contributed by atoms with van der Waals surface area (Å²) in [6.45, 7) is 11.5. The zero-order valence-corrected chi connectivity index (χ0v) is 12.4. The van der Waals surface area contributed by atoms with Crippen LogP contribution in [0.15, 0.2) is 12.3 Å². The Morgan fingerprint density at radius 3 is 2.61 bits per heavy atom. The van der Waals surface area contributed by atoms with Crippen LogP contribution in [0.4, 0.5) is 0 Å². The minimum absolute atomic E-state index is 0.109. The number of aromatic nitrogens is 3. The molecule has 0 spiro atoms. The highest BCUT2D eigenvalue weighted by Crippen LogP contribution is 2.27. The quantitative estimate of drug-likeness (QED) is 0.766. The average Bonchev–Trinajstić information content (AvgIpc) is 2.54. The first-order chi connectivity index (χ1) is 8.28. The highest BCUT2D eigenvalue weighted by atomic mass is 35.5. The first kappa shape index (κ1) is 13.3. The maximum absolute atomic E-state index is 6.24. The molecule has 0 bridgehead atoms. The van der Waals surface area contributed by atoms with Gasteiger partial charge in [0, 0.05) is 12.7 Å². The van der Waals surface area contributed by atoms with Crippen LogP contribution in [-0.4, -0.2) is 14.5 Å². The summed E-state index contributed by atoms with van der Waals surface area (Å²) in [6.07, 6.45) is 1.88. The van der Waals surface area contributed by atoms with Crippen molar-refractivity contribution in [1.82, 2.24) is 14.5 Å². The number of nitrogens with zero attached hydrogens (tertiary/aromatic N) is 3. The van der Waals surface area contributed by atoms with E-state index in [1.807, 2.05) is 20.0 Å². The lowest BCUT2D eigenvalue weighted by atomic mass is 9.97. The summed E-state index contributed by atoms with van der Waals surface area (Å²) in [5.41, 5.74) is 3.15. The molecule has 2 heterocycles. The summed E-state index contributed by atoms with van der Waals surface area (Å²) in [5.74, 6) is 0.902. The van der Waals surface area contributed by atoms with Crippen LogP contribution in [0.25, 0.3) is 11.2 Å². The molecule has 2 rings (SSSR count). The molecule has 1 atom stereocenters. The van der Waals surface area contributed by atoms with E-state index >= 15 is 0 Å². The molecule has 4 heteroatoms. The largest absolute Gasteiger partial charge is 0.311 e. The topological polar surface area (TPSA) is 30.7 Å². The zero-order chi connectivity index (χ0) is 13.5. The first-order valence-corrected chi connectivity index (χ1v) is 6.68. The third kappa shape index (κ3) is 2.66. The molecule has 0 aliphatic rings. The molecule has 0 amide bonds. The van der Waals surface area contributed by atoms with Gasteiger partial charge >= 0.3 is 0 Å². The molecular formula is C14H20ClN3. The molecule has 0 saturated carbocycles. The van der Waals surface area contributed by atoms with Crippen LogP contribution in [0.5, 0.6) is 0 Å². The van der Waals surface area contributed by atoms with Gasteiger partial charge in [-0.3, -0.25) is 0 Å². The van der Waals surface area contributed by atoms with Crippen LogP contribution in [0.2, 0.25) is 0 Å². The normalized spacial score (nSPS) is 14.1. The molecule has 3 nitrogen and oxygen atoms in total. The molecular weight excluding hydrogens is 246 g/mol. The molecule has 0 aliphatic heterocycles. The van der Waals surface area contributed by atoms with Crippen molar-refractivity contribution >= 4 is 22.8 Å². The summed E-state index contributed by atoms with van der Waals surface area (Å²) in [5, 5.41) is -0.109. The number of imidazole rings is 1. The third-order valence-electron chi connectivity index (χ3n) is 2.74. The molecule has 0 saturated heterocycles. The monoisotopic (exact) mass is 265 g/mol. The van der Waals surface area contributed by atoms with E-state index in [4.69, 9.17) is 11.6 Å². The van der Waals surface area contributed by atoms with E-state index in [1.165, 1.54) is 0 Å². The van der Waals surface area contributed by atoms with Crippen molar-refractivity contribution in [3.05, 3.63) is 23.7 Å². The van der Waals surface area contributed by atoms with Gasteiger partial charge < -0.3 is 4.57 Å². The van der Waals surface area contributed by atoms with Gasteiger partial charge in [0.25, 0.3) is 0 Å². The van der Waals surface area contributed by atoms with Gasteiger partial charge in [-0.15, -0.1) is 11.6 Å². The molecule has 0 radical (unpaired) electrons. The van der Waals surface area contributed by atoms with E-state index in [-0.39, 0.29) is 10.8 Å². The van der Waals surface area contributed by atoms with E-state index in [0.29, 0.717) is 0 Å². The van der Waals surface area contributed by atoms with Gasteiger partial charge in [-0.2, -0.15) is 0 Å². The first-order valence-electron chi connectivity index (χ1n) is 6.25. The number of rotatable bonds is 2. The summed E-state index contributed by atoms with van der Waals surface area (Å²) in [6, 6.07) is 2.06. The Balaban J connectivity index is 2.63. The molecule has 2 aromatic rings. The number of hydrogen-bond donors (Lipinski definition) is 0. The standard InChI is InChI=1S/C14H20ClN3/c1-9-6-11-13(16-7-9)18(8-14(3,4)5)12(17-11)10(2)15/h6-7,10H,8H2,1-5H3. The third-order valence-corrected chi connectivity index (χ3v) is 2.93. The molecule has 1 unspecified atom stereocenters. The van der Waals surface area contributed by atoms with Crippen LogP contribution in [0.3, 0.4) is 0 Å². The van der Waals surface area contributed by atoms with Crippen LogP contribution in [0.1, 0.15) is 44.5 Å². The Hall–Kier alpha value is -1.09. The van der Waals surface area contributed by atoms with Crippen LogP contribution in [0, 0.1) is 12.3 Å². The molecule has 18 heavy (non-hydrogen) atoms. The number of aryl methyl sites for hydroxylation is 1. The van der Waals surface area contributed by atoms with E-state index in [9.17, 15) is 0 Å². The fourth-order valence-electron chi connectivity index (χ4n) is 2.06. The van der Waals surface area contributed by atoms with E-state index < -0.39 is 0 Å². The smallest absolute Gasteiger partial charge is 0.160 e. The van der Waals surface area contributed by atoms with Gasteiger partial charge in [0.2, 0.25) is 0 Å². The van der Waals surface area contributed by atoms with E-state index in [1.54, 1.807) is 0 Å². The van der Waals surface area contributed by atoms with Crippen molar-refractivity contribution in [2.75, 3.05) is 0 Å². The summed E-state index contributed by atoms with van der Waals surface area (Å²) < 4.78 is 2.15. The second-order valence-electron chi connectivity index (χ2n) is 6.09.